The summed E-state index contributed by atoms with van der Waals surface area (Å²) in [5, 5.41) is 7.31. The van der Waals surface area contributed by atoms with Crippen molar-refractivity contribution in [3.05, 3.63) is 94.4 Å². The Kier molecular flexibility index (Phi) is 6.34. The van der Waals surface area contributed by atoms with Gasteiger partial charge in [0, 0.05) is 64.2 Å². The van der Waals surface area contributed by atoms with Gasteiger partial charge in [-0.15, -0.1) is 22.8 Å². The van der Waals surface area contributed by atoms with E-state index in [0.29, 0.717) is 16.6 Å². The standard InChI is InChI=1S/C42H36OSSi/c1-8-13-29-34-21-27-22-35-33(20-28(27)23-36(34)42-40(29)32-15-10-12-17-38(32)44-42)30(18-19-45(24(2)3,25(4)5)26(6)7)39-31-14-9-11-16-37(31)43-41(35)39/h9-12,14-17,20-26H,1-7H3. The Bertz CT molecular complexity index is 2470. The van der Waals surface area contributed by atoms with Gasteiger partial charge in [0.2, 0.25) is 0 Å². The van der Waals surface area contributed by atoms with E-state index < -0.39 is 8.07 Å². The van der Waals surface area contributed by atoms with E-state index >= 15 is 0 Å². The van der Waals surface area contributed by atoms with E-state index in [1.165, 1.54) is 47.3 Å². The second kappa shape index (κ2) is 10.1. The number of furan rings is 1. The van der Waals surface area contributed by atoms with E-state index in [9.17, 15) is 0 Å². The van der Waals surface area contributed by atoms with E-state index in [1.54, 1.807) is 0 Å². The Labute approximate surface area is 270 Å². The molecule has 2 aliphatic carbocycles. The summed E-state index contributed by atoms with van der Waals surface area (Å²) in [4.78, 5) is 1.33. The quantitative estimate of drug-likeness (QED) is 0.142. The molecule has 0 unspecified atom stereocenters. The highest BCUT2D eigenvalue weighted by molar-refractivity contribution is 7.22. The molecule has 3 heteroatoms. The van der Waals surface area contributed by atoms with Crippen molar-refractivity contribution in [2.75, 3.05) is 0 Å². The fourth-order valence-corrected chi connectivity index (χ4v) is 14.8. The molecule has 4 aromatic carbocycles. The largest absolute Gasteiger partial charge is 0.455 e. The second-order valence-corrected chi connectivity index (χ2v) is 20.2. The molecule has 0 atom stereocenters. The van der Waals surface area contributed by atoms with Crippen molar-refractivity contribution < 1.29 is 4.42 Å². The van der Waals surface area contributed by atoms with Crippen molar-refractivity contribution in [2.45, 2.75) is 65.1 Å². The highest BCUT2D eigenvalue weighted by Gasteiger charge is 2.42. The van der Waals surface area contributed by atoms with Crippen molar-refractivity contribution in [3.63, 3.8) is 0 Å². The van der Waals surface area contributed by atoms with Crippen LogP contribution in [0.1, 0.15) is 59.6 Å². The van der Waals surface area contributed by atoms with Crippen molar-refractivity contribution in [2.24, 2.45) is 0 Å². The molecule has 0 spiro atoms. The Hall–Kier alpha value is -4.28. The molecule has 2 aromatic heterocycles. The van der Waals surface area contributed by atoms with Crippen molar-refractivity contribution >= 4 is 62.4 Å². The summed E-state index contributed by atoms with van der Waals surface area (Å²) in [6.45, 7) is 16.3. The predicted octanol–water partition coefficient (Wildman–Crippen LogP) is 10.4. The molecule has 1 nitrogen and oxygen atoms in total. The minimum Gasteiger partial charge on any atom is -0.455 e. The molecule has 0 N–H and O–H groups in total. The fourth-order valence-electron chi connectivity index (χ4n) is 8.36. The van der Waals surface area contributed by atoms with Crippen molar-refractivity contribution in [1.29, 1.82) is 0 Å². The van der Waals surface area contributed by atoms with E-state index in [-0.39, 0.29) is 0 Å². The Morgan fingerprint density at radius 2 is 1.27 bits per heavy atom. The third kappa shape index (κ3) is 3.88. The summed E-state index contributed by atoms with van der Waals surface area (Å²) in [6, 6.07) is 26.6. The number of fused-ring (bicyclic) bond motifs is 11. The normalized spacial score (nSPS) is 13.4. The van der Waals surface area contributed by atoms with Gasteiger partial charge in [0.05, 0.1) is 0 Å². The van der Waals surface area contributed by atoms with E-state index in [0.717, 1.165) is 39.0 Å². The smallest absolute Gasteiger partial charge is 0.146 e. The van der Waals surface area contributed by atoms with Gasteiger partial charge in [-0.3, -0.25) is 0 Å². The molecule has 45 heavy (non-hydrogen) atoms. The molecule has 8 rings (SSSR count). The van der Waals surface area contributed by atoms with Crippen molar-refractivity contribution in [3.8, 4) is 45.1 Å². The average molecular weight is 617 g/mol. The molecule has 220 valence electrons. The van der Waals surface area contributed by atoms with Gasteiger partial charge in [0.25, 0.3) is 0 Å². The first-order valence-corrected chi connectivity index (χ1v) is 19.2. The topological polar surface area (TPSA) is 13.1 Å². The zero-order valence-corrected chi connectivity index (χ0v) is 28.8. The molecule has 0 amide bonds. The summed E-state index contributed by atoms with van der Waals surface area (Å²) in [7, 11) is -1.95. The van der Waals surface area contributed by atoms with Crippen LogP contribution in [0.3, 0.4) is 0 Å². The molecule has 0 aliphatic heterocycles. The Balaban J connectivity index is 1.46. The first-order chi connectivity index (χ1) is 21.7. The van der Waals surface area contributed by atoms with Gasteiger partial charge in [-0.25, -0.2) is 0 Å². The number of para-hydroxylation sites is 1. The van der Waals surface area contributed by atoms with Gasteiger partial charge in [0.15, 0.2) is 0 Å². The van der Waals surface area contributed by atoms with Crippen LogP contribution >= 0.6 is 11.3 Å². The fraction of sp³-hybridized carbons (Fsp3) is 0.238. The maximum absolute atomic E-state index is 6.63. The summed E-state index contributed by atoms with van der Waals surface area (Å²) in [6.07, 6.45) is 0. The Morgan fingerprint density at radius 1 is 0.667 bits per heavy atom. The zero-order chi connectivity index (χ0) is 31.2. The van der Waals surface area contributed by atoms with E-state index in [4.69, 9.17) is 4.42 Å². The lowest BCUT2D eigenvalue weighted by molar-refractivity contribution is 0.631. The number of hydrogen-bond donors (Lipinski definition) is 0. The van der Waals surface area contributed by atoms with Crippen LogP contribution < -0.4 is 10.4 Å². The minimum atomic E-state index is -1.95. The van der Waals surface area contributed by atoms with Crippen LogP contribution in [0.25, 0.3) is 64.7 Å². The van der Waals surface area contributed by atoms with Crippen molar-refractivity contribution in [1.82, 2.24) is 0 Å². The summed E-state index contributed by atoms with van der Waals surface area (Å²) >= 11 is 1.88. The molecule has 2 heterocycles. The molecule has 0 saturated carbocycles. The summed E-state index contributed by atoms with van der Waals surface area (Å²) in [5.41, 5.74) is 13.8. The van der Waals surface area contributed by atoms with Crippen LogP contribution in [0.2, 0.25) is 16.6 Å². The lowest BCUT2D eigenvalue weighted by atomic mass is 10.0. The van der Waals surface area contributed by atoms with E-state index in [2.05, 4.69) is 138 Å². The highest BCUT2D eigenvalue weighted by Crippen LogP contribution is 2.46. The molecule has 0 fully saturated rings. The number of hydrogen-bond acceptors (Lipinski definition) is 2. The third-order valence-electron chi connectivity index (χ3n) is 10.4. The Morgan fingerprint density at radius 3 is 1.96 bits per heavy atom. The second-order valence-electron chi connectivity index (χ2n) is 13.5. The molecule has 2 aliphatic rings. The molecular weight excluding hydrogens is 581 g/mol. The SMILES string of the molecule is CC#CC1=c2cc3cc4c(cc3cc2-c2sc3ccccc3c21)=C(C#C[Si](C(C)C)(C(C)C)C(C)C)c1c-4oc2ccccc12. The minimum absolute atomic E-state index is 0.568. The van der Waals surface area contributed by atoms with Gasteiger partial charge in [-0.05, 0) is 70.7 Å². The van der Waals surface area contributed by atoms with Crippen LogP contribution in [0.15, 0.2) is 77.2 Å². The highest BCUT2D eigenvalue weighted by atomic mass is 32.1. The van der Waals surface area contributed by atoms with E-state index in [1.807, 2.05) is 18.3 Å². The lowest BCUT2D eigenvalue weighted by Gasteiger charge is -2.38. The first kappa shape index (κ1) is 28.2. The number of benzene rings is 4. The number of rotatable bonds is 3. The van der Waals surface area contributed by atoms with Gasteiger partial charge < -0.3 is 4.42 Å². The first-order valence-electron chi connectivity index (χ1n) is 16.1. The van der Waals surface area contributed by atoms with Gasteiger partial charge in [-0.2, -0.15) is 0 Å². The summed E-state index contributed by atoms with van der Waals surface area (Å²) < 4.78 is 7.94. The van der Waals surface area contributed by atoms with Crippen LogP contribution in [-0.2, 0) is 0 Å². The van der Waals surface area contributed by atoms with Gasteiger partial charge in [-0.1, -0.05) is 89.8 Å². The summed E-state index contributed by atoms with van der Waals surface area (Å²) in [5.74, 6) is 11.5. The van der Waals surface area contributed by atoms with Crippen LogP contribution in [-0.4, -0.2) is 8.07 Å². The zero-order valence-electron chi connectivity index (χ0n) is 27.0. The average Bonchev–Trinajstić information content (AvgIpc) is 3.73. The third-order valence-corrected chi connectivity index (χ3v) is 17.8. The molecule has 0 bridgehead atoms. The molecule has 0 radical (unpaired) electrons. The molecular formula is C42H36OSSi. The van der Waals surface area contributed by atoms with Gasteiger partial charge in [0.1, 0.15) is 19.4 Å². The van der Waals surface area contributed by atoms with Crippen LogP contribution in [0.5, 0.6) is 0 Å². The molecule has 6 aromatic rings. The predicted molar refractivity (Wildman–Crippen MR) is 197 cm³/mol. The van der Waals surface area contributed by atoms with Gasteiger partial charge >= 0.3 is 0 Å². The van der Waals surface area contributed by atoms with Crippen LogP contribution in [0, 0.1) is 23.3 Å². The maximum Gasteiger partial charge on any atom is 0.146 e. The maximum atomic E-state index is 6.63. The van der Waals surface area contributed by atoms with Crippen LogP contribution in [0.4, 0.5) is 0 Å². The molecule has 0 saturated heterocycles. The number of thiophene rings is 1. The monoisotopic (exact) mass is 616 g/mol. The lowest BCUT2D eigenvalue weighted by Crippen LogP contribution is -2.43.